The third-order valence-electron chi connectivity index (χ3n) is 6.30. The standard InChI is InChI=1S/C28H30N2O4/c1-30(18-20-15-16-24-23(17-20)13-8-14-25(24)34-19-26(31)32)28(33)29-27(21-9-4-2-5-10-21)22-11-6-3-7-12-22/h2-14,20,27H,15-19H2,1H3,(H,29,33)(H,31,32)/p-1. The minimum atomic E-state index is -1.23. The van der Waals surface area contributed by atoms with E-state index in [-0.39, 0.29) is 12.1 Å². The molecule has 0 saturated heterocycles. The van der Waals surface area contributed by atoms with Gasteiger partial charge in [0.2, 0.25) is 0 Å². The molecular formula is C28H29N2O4-. The van der Waals surface area contributed by atoms with Crippen LogP contribution in [0.4, 0.5) is 4.79 Å². The van der Waals surface area contributed by atoms with Gasteiger partial charge in [-0.2, -0.15) is 0 Å². The predicted molar refractivity (Wildman–Crippen MR) is 128 cm³/mol. The third kappa shape index (κ3) is 5.76. The first kappa shape index (κ1) is 23.4. The monoisotopic (exact) mass is 457 g/mol. The number of amides is 2. The molecule has 1 aliphatic rings. The van der Waals surface area contributed by atoms with Crippen LogP contribution in [0.1, 0.15) is 34.7 Å². The SMILES string of the molecule is CN(CC1CCc2c(cccc2OCC(=O)[O-])C1)C(=O)NC(c1ccccc1)c1ccccc1. The van der Waals surface area contributed by atoms with Gasteiger partial charge in [-0.3, -0.25) is 0 Å². The van der Waals surface area contributed by atoms with Gasteiger partial charge < -0.3 is 24.9 Å². The number of carbonyl (C=O) groups excluding carboxylic acids is 2. The Kier molecular flexibility index (Phi) is 7.48. The maximum Gasteiger partial charge on any atom is 0.317 e. The van der Waals surface area contributed by atoms with Crippen molar-refractivity contribution in [3.8, 4) is 5.75 Å². The molecule has 1 atom stereocenters. The number of carboxylic acids is 1. The fourth-order valence-corrected chi connectivity index (χ4v) is 4.63. The second kappa shape index (κ2) is 10.9. The molecule has 0 aromatic heterocycles. The van der Waals surface area contributed by atoms with Crippen LogP contribution in [0.25, 0.3) is 0 Å². The molecule has 2 amide bonds. The third-order valence-corrected chi connectivity index (χ3v) is 6.30. The Morgan fingerprint density at radius 3 is 2.26 bits per heavy atom. The van der Waals surface area contributed by atoms with E-state index in [9.17, 15) is 14.7 Å². The van der Waals surface area contributed by atoms with Gasteiger partial charge in [0.1, 0.15) is 12.4 Å². The van der Waals surface area contributed by atoms with Crippen molar-refractivity contribution in [1.29, 1.82) is 0 Å². The van der Waals surface area contributed by atoms with Gasteiger partial charge in [0.05, 0.1) is 12.0 Å². The summed E-state index contributed by atoms with van der Waals surface area (Å²) in [5, 5.41) is 14.0. The Bertz CT molecular complexity index is 1080. The molecule has 34 heavy (non-hydrogen) atoms. The summed E-state index contributed by atoms with van der Waals surface area (Å²) in [6.45, 7) is 0.179. The van der Waals surface area contributed by atoms with E-state index >= 15 is 0 Å². The Labute approximate surface area is 200 Å². The highest BCUT2D eigenvalue weighted by Gasteiger charge is 2.25. The Morgan fingerprint density at radius 2 is 1.65 bits per heavy atom. The Morgan fingerprint density at radius 1 is 1.00 bits per heavy atom. The van der Waals surface area contributed by atoms with E-state index < -0.39 is 12.6 Å². The van der Waals surface area contributed by atoms with Crippen molar-refractivity contribution < 1.29 is 19.4 Å². The molecule has 1 N–H and O–H groups in total. The number of rotatable bonds is 8. The lowest BCUT2D eigenvalue weighted by atomic mass is 9.83. The first-order valence-corrected chi connectivity index (χ1v) is 11.6. The highest BCUT2D eigenvalue weighted by molar-refractivity contribution is 5.75. The number of nitrogens with one attached hydrogen (secondary N) is 1. The summed E-state index contributed by atoms with van der Waals surface area (Å²) in [5.74, 6) is -0.311. The van der Waals surface area contributed by atoms with Crippen LogP contribution in [0.2, 0.25) is 0 Å². The maximum absolute atomic E-state index is 13.2. The maximum atomic E-state index is 13.2. The van der Waals surface area contributed by atoms with Gasteiger partial charge in [0.15, 0.2) is 0 Å². The van der Waals surface area contributed by atoms with Crippen molar-refractivity contribution in [2.75, 3.05) is 20.2 Å². The highest BCUT2D eigenvalue weighted by Crippen LogP contribution is 2.32. The topological polar surface area (TPSA) is 81.7 Å². The summed E-state index contributed by atoms with van der Waals surface area (Å²) in [6.07, 6.45) is 2.50. The van der Waals surface area contributed by atoms with Crippen LogP contribution < -0.4 is 15.2 Å². The molecule has 176 valence electrons. The fraction of sp³-hybridized carbons (Fsp3) is 0.286. The lowest BCUT2D eigenvalue weighted by molar-refractivity contribution is -0.307. The van der Waals surface area contributed by atoms with Crippen molar-refractivity contribution in [1.82, 2.24) is 10.2 Å². The molecule has 0 fully saturated rings. The molecule has 0 bridgehead atoms. The van der Waals surface area contributed by atoms with Crippen LogP contribution in [0.15, 0.2) is 78.9 Å². The van der Waals surface area contributed by atoms with Crippen LogP contribution in [0.3, 0.4) is 0 Å². The van der Waals surface area contributed by atoms with Crippen molar-refractivity contribution in [2.24, 2.45) is 5.92 Å². The minimum Gasteiger partial charge on any atom is -0.546 e. The number of nitrogens with zero attached hydrogens (tertiary/aromatic N) is 1. The van der Waals surface area contributed by atoms with E-state index in [1.165, 1.54) is 0 Å². The van der Waals surface area contributed by atoms with Gasteiger partial charge in [-0.05, 0) is 53.5 Å². The molecule has 6 heteroatoms. The lowest BCUT2D eigenvalue weighted by Crippen LogP contribution is -2.42. The number of urea groups is 1. The molecule has 3 aromatic carbocycles. The van der Waals surface area contributed by atoms with Gasteiger partial charge in [-0.25, -0.2) is 4.79 Å². The Balaban J connectivity index is 1.41. The summed E-state index contributed by atoms with van der Waals surface area (Å²) in [7, 11) is 1.83. The van der Waals surface area contributed by atoms with E-state index in [4.69, 9.17) is 4.74 Å². The average molecular weight is 458 g/mol. The van der Waals surface area contributed by atoms with Gasteiger partial charge in [0.25, 0.3) is 0 Å². The van der Waals surface area contributed by atoms with Crippen molar-refractivity contribution >= 4 is 12.0 Å². The largest absolute Gasteiger partial charge is 0.546 e. The zero-order chi connectivity index (χ0) is 23.9. The van der Waals surface area contributed by atoms with Crippen LogP contribution in [-0.2, 0) is 17.6 Å². The van der Waals surface area contributed by atoms with Crippen molar-refractivity contribution in [3.05, 3.63) is 101 Å². The van der Waals surface area contributed by atoms with E-state index in [2.05, 4.69) is 5.32 Å². The first-order valence-electron chi connectivity index (χ1n) is 11.6. The molecular weight excluding hydrogens is 428 g/mol. The summed E-state index contributed by atoms with van der Waals surface area (Å²) >= 11 is 0. The number of carboxylic acid groups (broad SMARTS) is 1. The summed E-state index contributed by atoms with van der Waals surface area (Å²) in [5.41, 5.74) is 4.27. The molecule has 1 unspecified atom stereocenters. The number of aliphatic carboxylic acids is 1. The van der Waals surface area contributed by atoms with E-state index in [0.29, 0.717) is 18.2 Å². The van der Waals surface area contributed by atoms with E-state index in [0.717, 1.165) is 41.5 Å². The average Bonchev–Trinajstić information content (AvgIpc) is 2.86. The summed E-state index contributed by atoms with van der Waals surface area (Å²) < 4.78 is 5.41. The number of benzene rings is 3. The molecule has 1 aliphatic carbocycles. The van der Waals surface area contributed by atoms with Crippen LogP contribution in [0.5, 0.6) is 5.75 Å². The molecule has 0 radical (unpaired) electrons. The normalized spacial score (nSPS) is 14.8. The molecule has 6 nitrogen and oxygen atoms in total. The zero-order valence-corrected chi connectivity index (χ0v) is 19.3. The lowest BCUT2D eigenvalue weighted by Gasteiger charge is -2.31. The number of ether oxygens (including phenoxy) is 1. The zero-order valence-electron chi connectivity index (χ0n) is 19.3. The van der Waals surface area contributed by atoms with Gasteiger partial charge >= 0.3 is 6.03 Å². The molecule has 0 spiro atoms. The molecule has 0 saturated carbocycles. The molecule has 4 rings (SSSR count). The second-order valence-corrected chi connectivity index (χ2v) is 8.75. The van der Waals surface area contributed by atoms with E-state index in [1.807, 2.05) is 79.8 Å². The van der Waals surface area contributed by atoms with Crippen molar-refractivity contribution in [2.45, 2.75) is 25.3 Å². The number of fused-ring (bicyclic) bond motifs is 1. The number of carbonyl (C=O) groups is 2. The van der Waals surface area contributed by atoms with Crippen LogP contribution >= 0.6 is 0 Å². The first-order chi connectivity index (χ1) is 16.5. The highest BCUT2D eigenvalue weighted by atomic mass is 16.5. The molecule has 3 aromatic rings. The minimum absolute atomic E-state index is 0.116. The van der Waals surface area contributed by atoms with Crippen molar-refractivity contribution in [3.63, 3.8) is 0 Å². The van der Waals surface area contributed by atoms with Gasteiger partial charge in [-0.1, -0.05) is 72.8 Å². The quantitative estimate of drug-likeness (QED) is 0.563. The van der Waals surface area contributed by atoms with Gasteiger partial charge in [-0.15, -0.1) is 0 Å². The fourth-order valence-electron chi connectivity index (χ4n) is 4.63. The summed E-state index contributed by atoms with van der Waals surface area (Å²) in [6, 6.07) is 25.3. The van der Waals surface area contributed by atoms with Gasteiger partial charge in [0, 0.05) is 13.6 Å². The number of hydrogen-bond donors (Lipinski definition) is 1. The smallest absolute Gasteiger partial charge is 0.317 e. The Hall–Kier alpha value is -3.80. The number of hydrogen-bond acceptors (Lipinski definition) is 4. The second-order valence-electron chi connectivity index (χ2n) is 8.75. The van der Waals surface area contributed by atoms with Crippen LogP contribution in [-0.4, -0.2) is 37.1 Å². The summed E-state index contributed by atoms with van der Waals surface area (Å²) in [4.78, 5) is 25.7. The molecule has 0 heterocycles. The van der Waals surface area contributed by atoms with Crippen LogP contribution in [0, 0.1) is 5.92 Å². The van der Waals surface area contributed by atoms with E-state index in [1.54, 1.807) is 11.0 Å². The molecule has 0 aliphatic heterocycles. The predicted octanol–water partition coefficient (Wildman–Crippen LogP) is 3.35.